The summed E-state index contributed by atoms with van der Waals surface area (Å²) in [5.41, 5.74) is 0.172. The standard InChI is InChI=1S/C13H15NO4/c1-13(2)17-11(15)10(12(16)18-13)6-9-14-7-4-3-5-8-14/h3-5,7-8H,6,9H2,1-2H3/p+1. The number of rotatable bonds is 3. The zero-order valence-electron chi connectivity index (χ0n) is 10.4. The molecule has 96 valence electrons. The van der Waals surface area contributed by atoms with Crippen LogP contribution in [0.15, 0.2) is 42.1 Å². The number of hydrogen-bond acceptors (Lipinski definition) is 4. The minimum Gasteiger partial charge on any atom is -0.481 e. The maximum atomic E-state index is 11.7. The van der Waals surface area contributed by atoms with E-state index >= 15 is 0 Å². The number of esters is 1. The van der Waals surface area contributed by atoms with Gasteiger partial charge in [-0.25, -0.2) is 9.36 Å². The number of aliphatic hydroxyl groups is 1. The van der Waals surface area contributed by atoms with Gasteiger partial charge in [-0.3, -0.25) is 0 Å². The van der Waals surface area contributed by atoms with Crippen LogP contribution in [-0.4, -0.2) is 16.9 Å². The molecule has 0 amide bonds. The predicted octanol–water partition coefficient (Wildman–Crippen LogP) is 1.44. The van der Waals surface area contributed by atoms with Crippen LogP contribution in [-0.2, 0) is 20.8 Å². The Balaban J connectivity index is 2.07. The monoisotopic (exact) mass is 250 g/mol. The SMILES string of the molecule is CC1(C)OC(=O)C(CC[n+]2ccccc2)=C(O)O1. The van der Waals surface area contributed by atoms with E-state index in [1.165, 1.54) is 0 Å². The Morgan fingerprint density at radius 3 is 2.50 bits per heavy atom. The van der Waals surface area contributed by atoms with Crippen LogP contribution in [0.25, 0.3) is 0 Å². The molecular formula is C13H16NO4+. The third-order valence-corrected chi connectivity index (χ3v) is 2.58. The molecule has 0 saturated carbocycles. The Morgan fingerprint density at radius 1 is 1.22 bits per heavy atom. The third kappa shape index (κ3) is 2.80. The maximum absolute atomic E-state index is 11.7. The molecule has 0 fully saturated rings. The van der Waals surface area contributed by atoms with Crippen LogP contribution < -0.4 is 4.57 Å². The molecule has 1 aliphatic rings. The van der Waals surface area contributed by atoms with E-state index in [0.717, 1.165) is 0 Å². The lowest BCUT2D eigenvalue weighted by Gasteiger charge is -2.30. The molecular weight excluding hydrogens is 234 g/mol. The summed E-state index contributed by atoms with van der Waals surface area (Å²) in [6.07, 6.45) is 4.13. The highest BCUT2D eigenvalue weighted by Gasteiger charge is 2.36. The van der Waals surface area contributed by atoms with Crippen molar-refractivity contribution in [1.82, 2.24) is 0 Å². The minimum absolute atomic E-state index is 0.172. The Labute approximate surface area is 105 Å². The van der Waals surface area contributed by atoms with E-state index in [9.17, 15) is 9.90 Å². The molecule has 1 aromatic heterocycles. The van der Waals surface area contributed by atoms with Crippen LogP contribution in [0.4, 0.5) is 0 Å². The zero-order valence-corrected chi connectivity index (χ0v) is 10.4. The van der Waals surface area contributed by atoms with Gasteiger partial charge in [0, 0.05) is 32.4 Å². The van der Waals surface area contributed by atoms with Gasteiger partial charge in [0.2, 0.25) is 0 Å². The fourth-order valence-corrected chi connectivity index (χ4v) is 1.72. The number of hydrogen-bond donors (Lipinski definition) is 1. The normalized spacial score (nSPS) is 18.2. The summed E-state index contributed by atoms with van der Waals surface area (Å²) in [7, 11) is 0. The molecule has 18 heavy (non-hydrogen) atoms. The van der Waals surface area contributed by atoms with Crippen molar-refractivity contribution in [3.05, 3.63) is 42.1 Å². The van der Waals surface area contributed by atoms with E-state index in [4.69, 9.17) is 9.47 Å². The fourth-order valence-electron chi connectivity index (χ4n) is 1.72. The molecule has 0 saturated heterocycles. The van der Waals surface area contributed by atoms with Gasteiger partial charge in [-0.2, -0.15) is 0 Å². The first kappa shape index (κ1) is 12.4. The van der Waals surface area contributed by atoms with E-state index in [1.807, 2.05) is 35.2 Å². The third-order valence-electron chi connectivity index (χ3n) is 2.58. The molecule has 5 heteroatoms. The maximum Gasteiger partial charge on any atom is 0.344 e. The van der Waals surface area contributed by atoms with Crippen LogP contribution >= 0.6 is 0 Å². The molecule has 0 atom stereocenters. The van der Waals surface area contributed by atoms with Gasteiger partial charge < -0.3 is 14.6 Å². The Bertz CT molecular complexity index is 479. The van der Waals surface area contributed by atoms with Crippen molar-refractivity contribution in [2.45, 2.75) is 32.6 Å². The average Bonchev–Trinajstić information content (AvgIpc) is 2.27. The Morgan fingerprint density at radius 2 is 1.89 bits per heavy atom. The number of aryl methyl sites for hydroxylation is 1. The van der Waals surface area contributed by atoms with Gasteiger partial charge in [0.15, 0.2) is 18.9 Å². The predicted molar refractivity (Wildman–Crippen MR) is 62.2 cm³/mol. The highest BCUT2D eigenvalue weighted by molar-refractivity contribution is 5.89. The van der Waals surface area contributed by atoms with E-state index in [-0.39, 0.29) is 11.5 Å². The molecule has 0 bridgehead atoms. The fraction of sp³-hybridized carbons (Fsp3) is 0.385. The summed E-state index contributed by atoms with van der Waals surface area (Å²) in [6.45, 7) is 3.72. The number of aliphatic hydroxyl groups excluding tert-OH is 1. The zero-order chi connectivity index (χ0) is 13.2. The van der Waals surface area contributed by atoms with Gasteiger partial charge in [-0.1, -0.05) is 6.07 Å². The van der Waals surface area contributed by atoms with Crippen LogP contribution in [0.2, 0.25) is 0 Å². The van der Waals surface area contributed by atoms with Gasteiger partial charge in [0.05, 0.1) is 0 Å². The number of cyclic esters (lactones) is 1. The number of carbonyl (C=O) groups is 1. The van der Waals surface area contributed by atoms with Gasteiger partial charge in [0.25, 0.3) is 11.7 Å². The quantitative estimate of drug-likeness (QED) is 0.651. The average molecular weight is 250 g/mol. The lowest BCUT2D eigenvalue weighted by molar-refractivity contribution is -0.696. The van der Waals surface area contributed by atoms with Gasteiger partial charge in [-0.05, 0) is 0 Å². The number of ether oxygens (including phenoxy) is 2. The molecule has 1 aliphatic heterocycles. The minimum atomic E-state index is -1.11. The summed E-state index contributed by atoms with van der Waals surface area (Å²) in [4.78, 5) is 11.7. The summed E-state index contributed by atoms with van der Waals surface area (Å²) in [5, 5.41) is 9.70. The van der Waals surface area contributed by atoms with Crippen molar-refractivity contribution in [3.8, 4) is 0 Å². The molecule has 0 radical (unpaired) electrons. The smallest absolute Gasteiger partial charge is 0.344 e. The molecule has 1 N–H and O–H groups in total. The van der Waals surface area contributed by atoms with Crippen LogP contribution in [0, 0.1) is 0 Å². The van der Waals surface area contributed by atoms with Crippen LogP contribution in [0.1, 0.15) is 20.3 Å². The van der Waals surface area contributed by atoms with Gasteiger partial charge >= 0.3 is 5.97 Å². The Hall–Kier alpha value is -2.04. The van der Waals surface area contributed by atoms with Gasteiger partial charge in [0.1, 0.15) is 5.57 Å². The summed E-state index contributed by atoms with van der Waals surface area (Å²) in [6, 6.07) is 5.70. The van der Waals surface area contributed by atoms with E-state index in [0.29, 0.717) is 13.0 Å². The lowest BCUT2D eigenvalue weighted by Crippen LogP contribution is -2.39. The highest BCUT2D eigenvalue weighted by atomic mass is 16.8. The topological polar surface area (TPSA) is 59.6 Å². The van der Waals surface area contributed by atoms with E-state index in [2.05, 4.69) is 0 Å². The lowest BCUT2D eigenvalue weighted by atomic mass is 10.1. The van der Waals surface area contributed by atoms with Crippen LogP contribution in [0.3, 0.4) is 0 Å². The number of nitrogens with zero attached hydrogens (tertiary/aromatic N) is 1. The second-order valence-corrected chi connectivity index (χ2v) is 4.54. The largest absolute Gasteiger partial charge is 0.481 e. The van der Waals surface area contributed by atoms with Crippen LogP contribution in [0.5, 0.6) is 0 Å². The second kappa shape index (κ2) is 4.68. The molecule has 1 aromatic rings. The van der Waals surface area contributed by atoms with Crippen molar-refractivity contribution >= 4 is 5.97 Å². The summed E-state index contributed by atoms with van der Waals surface area (Å²) in [5.74, 6) is -1.97. The first-order valence-corrected chi connectivity index (χ1v) is 5.76. The first-order chi connectivity index (χ1) is 8.48. The molecule has 0 spiro atoms. The summed E-state index contributed by atoms with van der Waals surface area (Å²) >= 11 is 0. The summed E-state index contributed by atoms with van der Waals surface area (Å²) < 4.78 is 12.1. The molecule has 0 aromatic carbocycles. The number of pyridine rings is 1. The second-order valence-electron chi connectivity index (χ2n) is 4.54. The van der Waals surface area contributed by atoms with Crippen molar-refractivity contribution in [2.24, 2.45) is 0 Å². The highest BCUT2D eigenvalue weighted by Crippen LogP contribution is 2.26. The van der Waals surface area contributed by atoms with E-state index in [1.54, 1.807) is 13.8 Å². The molecule has 0 unspecified atom stereocenters. The number of aromatic nitrogens is 1. The molecule has 2 heterocycles. The van der Waals surface area contributed by atoms with Crippen molar-refractivity contribution in [2.75, 3.05) is 0 Å². The van der Waals surface area contributed by atoms with Crippen molar-refractivity contribution < 1.29 is 23.9 Å². The van der Waals surface area contributed by atoms with E-state index < -0.39 is 11.8 Å². The Kier molecular flexibility index (Phi) is 3.23. The number of carbonyl (C=O) groups excluding carboxylic acids is 1. The first-order valence-electron chi connectivity index (χ1n) is 5.76. The molecule has 2 rings (SSSR count). The van der Waals surface area contributed by atoms with Gasteiger partial charge in [-0.15, -0.1) is 0 Å². The molecule has 5 nitrogen and oxygen atoms in total. The van der Waals surface area contributed by atoms with Crippen molar-refractivity contribution in [3.63, 3.8) is 0 Å². The van der Waals surface area contributed by atoms with Crippen molar-refractivity contribution in [1.29, 1.82) is 0 Å². The molecule has 0 aliphatic carbocycles.